The van der Waals surface area contributed by atoms with Gasteiger partial charge in [-0.15, -0.1) is 0 Å². The van der Waals surface area contributed by atoms with E-state index in [1.807, 2.05) is 6.07 Å². The normalized spacial score (nSPS) is 15.5. The van der Waals surface area contributed by atoms with E-state index < -0.39 is 0 Å². The summed E-state index contributed by atoms with van der Waals surface area (Å²) in [6.07, 6.45) is 3.64. The van der Waals surface area contributed by atoms with Gasteiger partial charge in [0.2, 0.25) is 0 Å². The van der Waals surface area contributed by atoms with Gasteiger partial charge in [-0.3, -0.25) is 4.90 Å². The summed E-state index contributed by atoms with van der Waals surface area (Å²) in [6, 6.07) is 2.75. The topological polar surface area (TPSA) is 50.5 Å². The Morgan fingerprint density at radius 3 is 3.11 bits per heavy atom. The Balaban J connectivity index is 1.67. The maximum absolute atomic E-state index is 5.33. The smallest absolute Gasteiger partial charge is 0.151 e. The number of ether oxygens (including phenoxy) is 1. The Morgan fingerprint density at radius 1 is 1.56 bits per heavy atom. The van der Waals surface area contributed by atoms with Gasteiger partial charge in [0.15, 0.2) is 5.76 Å². The number of nitrogens with one attached hydrogen (secondary N) is 1. The van der Waals surface area contributed by atoms with Crippen LogP contribution >= 0.6 is 0 Å². The molecule has 1 aromatic heterocycles. The molecule has 0 spiro atoms. The number of methoxy groups -OCH3 is 1. The van der Waals surface area contributed by atoms with Gasteiger partial charge in [-0.05, 0) is 26.3 Å². The van der Waals surface area contributed by atoms with Crippen molar-refractivity contribution in [3.8, 4) is 0 Å². The fourth-order valence-electron chi connectivity index (χ4n) is 1.87. The molecule has 1 saturated carbocycles. The molecule has 0 aliphatic heterocycles. The number of rotatable bonds is 9. The second-order valence-electron chi connectivity index (χ2n) is 5.02. The maximum Gasteiger partial charge on any atom is 0.151 e. The van der Waals surface area contributed by atoms with Crippen LogP contribution in [0.1, 0.15) is 30.7 Å². The van der Waals surface area contributed by atoms with E-state index in [0.717, 1.165) is 44.1 Å². The fourth-order valence-corrected chi connectivity index (χ4v) is 1.87. The Labute approximate surface area is 108 Å². The lowest BCUT2D eigenvalue weighted by atomic mass is 10.3. The third-order valence-electron chi connectivity index (χ3n) is 3.07. The summed E-state index contributed by atoms with van der Waals surface area (Å²) in [4.78, 5) is 2.22. The van der Waals surface area contributed by atoms with Gasteiger partial charge in [0.25, 0.3) is 0 Å². The molecule has 2 rings (SSSR count). The van der Waals surface area contributed by atoms with Crippen molar-refractivity contribution in [2.24, 2.45) is 0 Å². The van der Waals surface area contributed by atoms with Crippen LogP contribution in [0.5, 0.6) is 0 Å². The molecule has 5 nitrogen and oxygen atoms in total. The van der Waals surface area contributed by atoms with Crippen LogP contribution in [0.4, 0.5) is 0 Å². The molecule has 0 aromatic carbocycles. The molecule has 0 radical (unpaired) electrons. The molecule has 0 atom stereocenters. The van der Waals surface area contributed by atoms with Crippen molar-refractivity contribution < 1.29 is 9.26 Å². The lowest BCUT2D eigenvalue weighted by Gasteiger charge is -2.13. The van der Waals surface area contributed by atoms with Crippen LogP contribution in [0.15, 0.2) is 10.6 Å². The monoisotopic (exact) mass is 253 g/mol. The highest BCUT2D eigenvalue weighted by Gasteiger charge is 2.20. The van der Waals surface area contributed by atoms with Crippen molar-refractivity contribution in [2.45, 2.75) is 38.4 Å². The average molecular weight is 253 g/mol. The molecule has 102 valence electrons. The van der Waals surface area contributed by atoms with Crippen molar-refractivity contribution >= 4 is 0 Å². The van der Waals surface area contributed by atoms with Gasteiger partial charge in [-0.1, -0.05) is 5.16 Å². The molecule has 0 bridgehead atoms. The molecule has 0 amide bonds. The summed E-state index contributed by atoms with van der Waals surface area (Å²) in [7, 11) is 3.82. The van der Waals surface area contributed by atoms with E-state index in [0.29, 0.717) is 6.04 Å². The lowest BCUT2D eigenvalue weighted by molar-refractivity contribution is 0.174. The summed E-state index contributed by atoms with van der Waals surface area (Å²) in [5, 5.41) is 7.51. The third-order valence-corrected chi connectivity index (χ3v) is 3.07. The first-order valence-corrected chi connectivity index (χ1v) is 6.63. The molecule has 1 heterocycles. The van der Waals surface area contributed by atoms with Gasteiger partial charge in [-0.25, -0.2) is 0 Å². The molecule has 5 heteroatoms. The van der Waals surface area contributed by atoms with E-state index in [1.165, 1.54) is 12.8 Å². The second kappa shape index (κ2) is 6.87. The Morgan fingerprint density at radius 2 is 2.39 bits per heavy atom. The average Bonchev–Trinajstić information content (AvgIpc) is 3.08. The summed E-state index contributed by atoms with van der Waals surface area (Å²) in [5.41, 5.74) is 1.00. The van der Waals surface area contributed by atoms with Crippen molar-refractivity contribution in [1.82, 2.24) is 15.4 Å². The standard InChI is InChI=1S/C13H23N3O2/c1-16(6-3-7-17-2)10-13-8-12(15-18-13)9-14-11-4-5-11/h8,11,14H,3-7,9-10H2,1-2H3. The Hall–Kier alpha value is -0.910. The van der Waals surface area contributed by atoms with Crippen LogP contribution in [0.2, 0.25) is 0 Å². The van der Waals surface area contributed by atoms with E-state index >= 15 is 0 Å². The molecule has 1 aliphatic rings. The van der Waals surface area contributed by atoms with Gasteiger partial charge in [-0.2, -0.15) is 0 Å². The number of hydrogen-bond acceptors (Lipinski definition) is 5. The zero-order chi connectivity index (χ0) is 12.8. The Bertz CT molecular complexity index is 350. The highest BCUT2D eigenvalue weighted by atomic mass is 16.5. The molecule has 0 unspecified atom stereocenters. The van der Waals surface area contributed by atoms with Crippen molar-refractivity contribution in [3.63, 3.8) is 0 Å². The molecule has 18 heavy (non-hydrogen) atoms. The van der Waals surface area contributed by atoms with E-state index in [1.54, 1.807) is 7.11 Å². The minimum Gasteiger partial charge on any atom is -0.385 e. The number of nitrogens with zero attached hydrogens (tertiary/aromatic N) is 2. The van der Waals surface area contributed by atoms with Crippen LogP contribution < -0.4 is 5.32 Å². The van der Waals surface area contributed by atoms with E-state index in [2.05, 4.69) is 22.4 Å². The van der Waals surface area contributed by atoms with Crippen molar-refractivity contribution in [1.29, 1.82) is 0 Å². The zero-order valence-electron chi connectivity index (χ0n) is 11.3. The van der Waals surface area contributed by atoms with Crippen LogP contribution in [0.3, 0.4) is 0 Å². The largest absolute Gasteiger partial charge is 0.385 e. The third kappa shape index (κ3) is 4.76. The maximum atomic E-state index is 5.33. The summed E-state index contributed by atoms with van der Waals surface area (Å²) in [6.45, 7) is 3.43. The van der Waals surface area contributed by atoms with Gasteiger partial charge < -0.3 is 14.6 Å². The molecular formula is C13H23N3O2. The zero-order valence-corrected chi connectivity index (χ0v) is 11.3. The highest BCUT2D eigenvalue weighted by molar-refractivity contribution is 5.05. The van der Waals surface area contributed by atoms with Gasteiger partial charge in [0, 0.05) is 38.9 Å². The van der Waals surface area contributed by atoms with Gasteiger partial charge in [0.1, 0.15) is 0 Å². The van der Waals surface area contributed by atoms with E-state index in [4.69, 9.17) is 9.26 Å². The first kappa shape index (κ1) is 13.5. The SMILES string of the molecule is COCCCN(C)Cc1cc(CNC2CC2)no1. The van der Waals surface area contributed by atoms with Crippen LogP contribution in [-0.4, -0.2) is 43.4 Å². The molecular weight excluding hydrogens is 230 g/mol. The van der Waals surface area contributed by atoms with Crippen LogP contribution in [-0.2, 0) is 17.8 Å². The first-order valence-electron chi connectivity index (χ1n) is 6.63. The number of hydrogen-bond donors (Lipinski definition) is 1. The molecule has 0 saturated heterocycles. The van der Waals surface area contributed by atoms with Gasteiger partial charge in [0.05, 0.1) is 12.2 Å². The Kier molecular flexibility index (Phi) is 5.16. The lowest BCUT2D eigenvalue weighted by Crippen LogP contribution is -2.19. The molecule has 1 aliphatic carbocycles. The quantitative estimate of drug-likeness (QED) is 0.674. The van der Waals surface area contributed by atoms with E-state index in [9.17, 15) is 0 Å². The first-order chi connectivity index (χ1) is 8.78. The van der Waals surface area contributed by atoms with Crippen molar-refractivity contribution in [3.05, 3.63) is 17.5 Å². The van der Waals surface area contributed by atoms with Crippen LogP contribution in [0.25, 0.3) is 0 Å². The fraction of sp³-hybridized carbons (Fsp3) is 0.769. The predicted octanol–water partition coefficient (Wildman–Crippen LogP) is 1.39. The minimum atomic E-state index is 0.710. The van der Waals surface area contributed by atoms with Crippen molar-refractivity contribution in [2.75, 3.05) is 27.3 Å². The van der Waals surface area contributed by atoms with Crippen LogP contribution in [0, 0.1) is 0 Å². The molecule has 1 aromatic rings. The summed E-state index contributed by atoms with van der Waals surface area (Å²) < 4.78 is 10.4. The minimum absolute atomic E-state index is 0.710. The molecule has 1 N–H and O–H groups in total. The highest BCUT2D eigenvalue weighted by Crippen LogP contribution is 2.19. The summed E-state index contributed by atoms with van der Waals surface area (Å²) in [5.74, 6) is 0.933. The van der Waals surface area contributed by atoms with Gasteiger partial charge >= 0.3 is 0 Å². The molecule has 1 fully saturated rings. The van der Waals surface area contributed by atoms with E-state index in [-0.39, 0.29) is 0 Å². The predicted molar refractivity (Wildman–Crippen MR) is 69.2 cm³/mol. The summed E-state index contributed by atoms with van der Waals surface area (Å²) >= 11 is 0. The number of aromatic nitrogens is 1. The second-order valence-corrected chi connectivity index (χ2v) is 5.02.